The number of thiocarbonyl (C=S) groups is 1. The van der Waals surface area contributed by atoms with Gasteiger partial charge in [0.1, 0.15) is 0 Å². The molecule has 2 fully saturated rings. The van der Waals surface area contributed by atoms with Crippen LogP contribution in [0, 0.1) is 5.92 Å². The fraction of sp³-hybridized carbons (Fsp3) is 0.923. The maximum atomic E-state index is 5.80. The molecule has 0 radical (unpaired) electrons. The van der Waals surface area contributed by atoms with Gasteiger partial charge in [0.05, 0.1) is 17.6 Å². The lowest BCUT2D eigenvalue weighted by Gasteiger charge is -2.39. The fourth-order valence-electron chi connectivity index (χ4n) is 2.99. The smallest absolute Gasteiger partial charge is 0.0901 e. The van der Waals surface area contributed by atoms with Crippen molar-refractivity contribution in [1.82, 2.24) is 9.80 Å². The topological polar surface area (TPSA) is 41.7 Å². The largest absolute Gasteiger partial charge is 0.392 e. The minimum Gasteiger partial charge on any atom is -0.392 e. The Balaban J connectivity index is 1.74. The summed E-state index contributed by atoms with van der Waals surface area (Å²) in [6.45, 7) is 9.69. The summed E-state index contributed by atoms with van der Waals surface area (Å²) in [5.41, 5.74) is 5.80. The Kier molecular flexibility index (Phi) is 5.36. The molecule has 0 aromatic carbocycles. The number of hydrogen-bond donors (Lipinski definition) is 1. The van der Waals surface area contributed by atoms with E-state index in [2.05, 4.69) is 16.7 Å². The van der Waals surface area contributed by atoms with Gasteiger partial charge in [-0.05, 0) is 18.8 Å². The molecular weight excluding hydrogens is 246 g/mol. The highest BCUT2D eigenvalue weighted by molar-refractivity contribution is 7.80. The van der Waals surface area contributed by atoms with Crippen molar-refractivity contribution < 1.29 is 4.74 Å². The second kappa shape index (κ2) is 6.80. The van der Waals surface area contributed by atoms with E-state index in [4.69, 9.17) is 22.7 Å². The predicted molar refractivity (Wildman–Crippen MR) is 77.8 cm³/mol. The Bertz CT molecular complexity index is 273. The SMILES string of the molecule is CCC(C(N)=S)N1CCN(CC2CCOC2)CC1. The molecule has 18 heavy (non-hydrogen) atoms. The van der Waals surface area contributed by atoms with Crippen LogP contribution in [0.25, 0.3) is 0 Å². The molecule has 0 amide bonds. The Hall–Kier alpha value is -0.230. The average Bonchev–Trinajstić information content (AvgIpc) is 2.84. The first-order chi connectivity index (χ1) is 8.70. The van der Waals surface area contributed by atoms with Crippen LogP contribution >= 0.6 is 12.2 Å². The first kappa shape index (κ1) is 14.2. The Labute approximate surface area is 115 Å². The van der Waals surface area contributed by atoms with Crippen molar-refractivity contribution in [3.63, 3.8) is 0 Å². The van der Waals surface area contributed by atoms with Gasteiger partial charge in [0.25, 0.3) is 0 Å². The average molecular weight is 271 g/mol. The lowest BCUT2D eigenvalue weighted by Crippen LogP contribution is -2.54. The third-order valence-corrected chi connectivity index (χ3v) is 4.38. The predicted octanol–water partition coefficient (Wildman–Crippen LogP) is 0.705. The van der Waals surface area contributed by atoms with Crippen molar-refractivity contribution in [1.29, 1.82) is 0 Å². The van der Waals surface area contributed by atoms with Gasteiger partial charge in [0, 0.05) is 39.3 Å². The monoisotopic (exact) mass is 271 g/mol. The Morgan fingerprint density at radius 2 is 2.11 bits per heavy atom. The van der Waals surface area contributed by atoms with Crippen molar-refractivity contribution in [3.8, 4) is 0 Å². The third kappa shape index (κ3) is 3.63. The number of rotatable bonds is 5. The van der Waals surface area contributed by atoms with Gasteiger partial charge in [-0.1, -0.05) is 19.1 Å². The summed E-state index contributed by atoms with van der Waals surface area (Å²) in [6.07, 6.45) is 2.25. The molecule has 0 saturated carbocycles. The first-order valence-corrected chi connectivity index (χ1v) is 7.45. The summed E-state index contributed by atoms with van der Waals surface area (Å²) in [6, 6.07) is 0.289. The molecular formula is C13H25N3OS. The second-order valence-electron chi connectivity index (χ2n) is 5.39. The van der Waals surface area contributed by atoms with Gasteiger partial charge in [-0.15, -0.1) is 0 Å². The Morgan fingerprint density at radius 1 is 1.39 bits per heavy atom. The molecule has 2 unspecified atom stereocenters. The van der Waals surface area contributed by atoms with Crippen LogP contribution in [0.1, 0.15) is 19.8 Å². The third-order valence-electron chi connectivity index (χ3n) is 4.10. The van der Waals surface area contributed by atoms with Crippen molar-refractivity contribution in [2.75, 3.05) is 45.9 Å². The number of hydrogen-bond acceptors (Lipinski definition) is 4. The van der Waals surface area contributed by atoms with Crippen molar-refractivity contribution in [2.45, 2.75) is 25.8 Å². The van der Waals surface area contributed by atoms with E-state index in [9.17, 15) is 0 Å². The van der Waals surface area contributed by atoms with Crippen LogP contribution in [0.2, 0.25) is 0 Å². The quantitative estimate of drug-likeness (QED) is 0.746. The van der Waals surface area contributed by atoms with Crippen LogP contribution in [0.15, 0.2) is 0 Å². The number of nitrogens with zero attached hydrogens (tertiary/aromatic N) is 2. The fourth-order valence-corrected chi connectivity index (χ4v) is 3.31. The molecule has 0 spiro atoms. The first-order valence-electron chi connectivity index (χ1n) is 7.04. The minimum atomic E-state index is 0.289. The van der Waals surface area contributed by atoms with Gasteiger partial charge < -0.3 is 15.4 Å². The van der Waals surface area contributed by atoms with E-state index < -0.39 is 0 Å². The van der Waals surface area contributed by atoms with E-state index in [1.165, 1.54) is 13.0 Å². The highest BCUT2D eigenvalue weighted by Gasteiger charge is 2.26. The van der Waals surface area contributed by atoms with Gasteiger partial charge >= 0.3 is 0 Å². The molecule has 104 valence electrons. The molecule has 2 aliphatic heterocycles. The summed E-state index contributed by atoms with van der Waals surface area (Å²) in [5, 5.41) is 0. The van der Waals surface area contributed by atoms with Gasteiger partial charge in [0.15, 0.2) is 0 Å². The highest BCUT2D eigenvalue weighted by Crippen LogP contribution is 2.16. The Morgan fingerprint density at radius 3 is 2.61 bits per heavy atom. The zero-order chi connectivity index (χ0) is 13.0. The van der Waals surface area contributed by atoms with Crippen molar-refractivity contribution in [3.05, 3.63) is 0 Å². The molecule has 0 bridgehead atoms. The molecule has 5 heteroatoms. The molecule has 0 aliphatic carbocycles. The van der Waals surface area contributed by atoms with Crippen LogP contribution in [-0.4, -0.2) is 66.8 Å². The van der Waals surface area contributed by atoms with E-state index >= 15 is 0 Å². The van der Waals surface area contributed by atoms with Crippen molar-refractivity contribution >= 4 is 17.2 Å². The molecule has 2 saturated heterocycles. The van der Waals surface area contributed by atoms with Gasteiger partial charge in [0.2, 0.25) is 0 Å². The van der Waals surface area contributed by atoms with Crippen LogP contribution in [0.3, 0.4) is 0 Å². The molecule has 2 N–H and O–H groups in total. The maximum Gasteiger partial charge on any atom is 0.0901 e. The summed E-state index contributed by atoms with van der Waals surface area (Å²) in [7, 11) is 0. The summed E-state index contributed by atoms with van der Waals surface area (Å²) in [5.74, 6) is 0.745. The van der Waals surface area contributed by atoms with E-state index in [0.29, 0.717) is 4.99 Å². The standard InChI is InChI=1S/C13H25N3OS/c1-2-12(13(14)18)16-6-4-15(5-7-16)9-11-3-8-17-10-11/h11-12H,2-10H2,1H3,(H2,14,18). The van der Waals surface area contributed by atoms with Gasteiger partial charge in [-0.25, -0.2) is 0 Å². The number of ether oxygens (including phenoxy) is 1. The summed E-state index contributed by atoms with van der Waals surface area (Å²) >= 11 is 5.15. The van der Waals surface area contributed by atoms with E-state index in [-0.39, 0.29) is 6.04 Å². The molecule has 2 atom stereocenters. The van der Waals surface area contributed by atoms with Crippen molar-refractivity contribution in [2.24, 2.45) is 11.7 Å². The van der Waals surface area contributed by atoms with E-state index in [1.807, 2.05) is 0 Å². The molecule has 4 nitrogen and oxygen atoms in total. The lowest BCUT2D eigenvalue weighted by atomic mass is 10.1. The van der Waals surface area contributed by atoms with Crippen LogP contribution in [-0.2, 0) is 4.74 Å². The molecule has 2 rings (SSSR count). The number of piperazine rings is 1. The van der Waals surface area contributed by atoms with E-state index in [1.54, 1.807) is 0 Å². The summed E-state index contributed by atoms with van der Waals surface area (Å²) in [4.78, 5) is 5.64. The van der Waals surface area contributed by atoms with Gasteiger partial charge in [-0.2, -0.15) is 0 Å². The van der Waals surface area contributed by atoms with Gasteiger partial charge in [-0.3, -0.25) is 4.90 Å². The van der Waals surface area contributed by atoms with Crippen LogP contribution in [0.4, 0.5) is 0 Å². The molecule has 0 aromatic rings. The normalized spacial score (nSPS) is 28.4. The zero-order valence-corrected chi connectivity index (χ0v) is 12.1. The van der Waals surface area contributed by atoms with Crippen LogP contribution < -0.4 is 5.73 Å². The number of nitrogens with two attached hydrogens (primary N) is 1. The second-order valence-corrected chi connectivity index (χ2v) is 5.86. The maximum absolute atomic E-state index is 5.80. The van der Waals surface area contributed by atoms with Crippen LogP contribution in [0.5, 0.6) is 0 Å². The lowest BCUT2D eigenvalue weighted by molar-refractivity contribution is 0.0989. The zero-order valence-electron chi connectivity index (χ0n) is 11.3. The molecule has 0 aromatic heterocycles. The molecule has 2 heterocycles. The highest BCUT2D eigenvalue weighted by atomic mass is 32.1. The minimum absolute atomic E-state index is 0.289. The molecule has 2 aliphatic rings. The van der Waals surface area contributed by atoms with E-state index in [0.717, 1.165) is 51.7 Å². The summed E-state index contributed by atoms with van der Waals surface area (Å²) < 4.78 is 5.44.